The number of ether oxygens (including phenoxy) is 1. The summed E-state index contributed by atoms with van der Waals surface area (Å²) in [6, 6.07) is 7.63. The van der Waals surface area contributed by atoms with Crippen LogP contribution in [-0.4, -0.2) is 17.9 Å². The van der Waals surface area contributed by atoms with Crippen molar-refractivity contribution in [2.45, 2.75) is 54.5 Å². The maximum atomic E-state index is 13.3. The summed E-state index contributed by atoms with van der Waals surface area (Å²) in [6.45, 7) is 12.2. The molecule has 146 valence electrons. The second-order valence-corrected chi connectivity index (χ2v) is 8.10. The number of carbonyl (C=O) groups is 1. The van der Waals surface area contributed by atoms with Gasteiger partial charge >= 0.3 is 0 Å². The lowest BCUT2D eigenvalue weighted by molar-refractivity contribution is -0.124. The molecule has 0 atom stereocenters. The van der Waals surface area contributed by atoms with Crippen molar-refractivity contribution in [2.24, 2.45) is 5.41 Å². The largest absolute Gasteiger partial charge is 0.497 e. The van der Waals surface area contributed by atoms with Gasteiger partial charge in [0.15, 0.2) is 0 Å². The van der Waals surface area contributed by atoms with Gasteiger partial charge in [0.25, 0.3) is 5.91 Å². The highest BCUT2D eigenvalue weighted by atomic mass is 35.5. The Hall–Kier alpha value is -2.18. The van der Waals surface area contributed by atoms with Crippen molar-refractivity contribution >= 4 is 17.5 Å². The van der Waals surface area contributed by atoms with Gasteiger partial charge in [-0.15, -0.1) is 0 Å². The molecule has 0 saturated heterocycles. The molecule has 4 heteroatoms. The fourth-order valence-electron chi connectivity index (χ4n) is 2.23. The molecule has 1 amide bonds. The van der Waals surface area contributed by atoms with Crippen molar-refractivity contribution < 1.29 is 9.53 Å². The summed E-state index contributed by atoms with van der Waals surface area (Å²) >= 11 is 6.09. The molecule has 1 aromatic carbocycles. The Balaban J connectivity index is 3.27. The SMILES string of the molecule is CC/C(C)=C(\C#CC(C)(C)C)C(=O)N(/C=C(\C)Cl)Cc1ccc(OC)cc1. The highest BCUT2D eigenvalue weighted by molar-refractivity contribution is 6.29. The molecule has 0 aliphatic carbocycles. The summed E-state index contributed by atoms with van der Waals surface area (Å²) in [5.41, 5.74) is 2.31. The molecule has 0 N–H and O–H groups in total. The monoisotopic (exact) mass is 387 g/mol. The Morgan fingerprint density at radius 2 is 1.81 bits per heavy atom. The van der Waals surface area contributed by atoms with Crippen LogP contribution in [0.15, 0.2) is 46.6 Å². The first-order valence-electron chi connectivity index (χ1n) is 9.08. The first-order valence-corrected chi connectivity index (χ1v) is 9.46. The quantitative estimate of drug-likeness (QED) is 0.449. The lowest BCUT2D eigenvalue weighted by Gasteiger charge is -2.20. The summed E-state index contributed by atoms with van der Waals surface area (Å²) < 4.78 is 5.19. The zero-order valence-electron chi connectivity index (χ0n) is 17.4. The zero-order chi connectivity index (χ0) is 20.6. The maximum Gasteiger partial charge on any atom is 0.266 e. The lowest BCUT2D eigenvalue weighted by atomic mass is 9.96. The lowest BCUT2D eigenvalue weighted by Crippen LogP contribution is -2.27. The molecule has 0 unspecified atom stereocenters. The second-order valence-electron chi connectivity index (χ2n) is 7.51. The van der Waals surface area contributed by atoms with Crippen LogP contribution in [0.25, 0.3) is 0 Å². The molecule has 0 saturated carbocycles. The molecule has 0 radical (unpaired) electrons. The van der Waals surface area contributed by atoms with Gasteiger partial charge in [0.2, 0.25) is 0 Å². The van der Waals surface area contributed by atoms with E-state index >= 15 is 0 Å². The van der Waals surface area contributed by atoms with E-state index in [2.05, 4.69) is 11.8 Å². The van der Waals surface area contributed by atoms with Crippen molar-refractivity contribution in [2.75, 3.05) is 7.11 Å². The number of hydrogen-bond acceptors (Lipinski definition) is 2. The Labute approximate surface area is 169 Å². The van der Waals surface area contributed by atoms with Crippen LogP contribution in [-0.2, 0) is 11.3 Å². The average Bonchev–Trinajstić information content (AvgIpc) is 2.60. The van der Waals surface area contributed by atoms with E-state index in [9.17, 15) is 4.79 Å². The molecular formula is C23H30ClNO2. The van der Waals surface area contributed by atoms with Gasteiger partial charge in [0.1, 0.15) is 5.75 Å². The summed E-state index contributed by atoms with van der Waals surface area (Å²) in [7, 11) is 1.63. The Kier molecular flexibility index (Phi) is 8.66. The van der Waals surface area contributed by atoms with Gasteiger partial charge in [0.05, 0.1) is 19.2 Å². The van der Waals surface area contributed by atoms with Crippen molar-refractivity contribution in [3.8, 4) is 17.6 Å². The highest BCUT2D eigenvalue weighted by Gasteiger charge is 2.19. The maximum absolute atomic E-state index is 13.3. The second kappa shape index (κ2) is 10.2. The summed E-state index contributed by atoms with van der Waals surface area (Å²) in [5.74, 6) is 6.93. The van der Waals surface area contributed by atoms with E-state index in [4.69, 9.17) is 16.3 Å². The number of rotatable bonds is 6. The fraction of sp³-hybridized carbons (Fsp3) is 0.435. The van der Waals surface area contributed by atoms with Gasteiger partial charge < -0.3 is 9.64 Å². The molecule has 0 fully saturated rings. The zero-order valence-corrected chi connectivity index (χ0v) is 18.2. The molecule has 0 aromatic heterocycles. The van der Waals surface area contributed by atoms with Crippen molar-refractivity contribution in [1.29, 1.82) is 0 Å². The number of allylic oxidation sites excluding steroid dienone is 2. The highest BCUT2D eigenvalue weighted by Crippen LogP contribution is 2.19. The third kappa shape index (κ3) is 7.93. The molecule has 27 heavy (non-hydrogen) atoms. The van der Waals surface area contributed by atoms with Gasteiger partial charge in [-0.1, -0.05) is 48.1 Å². The molecule has 0 aliphatic heterocycles. The number of amides is 1. The van der Waals surface area contributed by atoms with E-state index in [1.807, 2.05) is 58.9 Å². The van der Waals surface area contributed by atoms with E-state index < -0.39 is 0 Å². The number of halogens is 1. The molecule has 0 bridgehead atoms. The number of benzene rings is 1. The Bertz CT molecular complexity index is 767. The van der Waals surface area contributed by atoms with Crippen molar-refractivity contribution in [3.63, 3.8) is 0 Å². The minimum Gasteiger partial charge on any atom is -0.497 e. The molecule has 0 spiro atoms. The van der Waals surface area contributed by atoms with Crippen LogP contribution in [0.1, 0.15) is 53.5 Å². The average molecular weight is 388 g/mol. The number of carbonyl (C=O) groups excluding carboxylic acids is 1. The molecule has 0 heterocycles. The van der Waals surface area contributed by atoms with Crippen LogP contribution in [0.5, 0.6) is 5.75 Å². The van der Waals surface area contributed by atoms with E-state index in [0.717, 1.165) is 23.3 Å². The summed E-state index contributed by atoms with van der Waals surface area (Å²) in [6.07, 6.45) is 2.43. The van der Waals surface area contributed by atoms with Gasteiger partial charge in [-0.05, 0) is 58.7 Å². The third-order valence-corrected chi connectivity index (χ3v) is 3.94. The predicted octanol–water partition coefficient (Wildman–Crippen LogP) is 5.90. The first-order chi connectivity index (χ1) is 12.6. The molecule has 1 aromatic rings. The first kappa shape index (κ1) is 22.9. The fourth-order valence-corrected chi connectivity index (χ4v) is 2.35. The smallest absolute Gasteiger partial charge is 0.266 e. The summed E-state index contributed by atoms with van der Waals surface area (Å²) in [4.78, 5) is 14.9. The van der Waals surface area contributed by atoms with Gasteiger partial charge in [-0.3, -0.25) is 4.79 Å². The normalized spacial score (nSPS) is 12.7. The molecular weight excluding hydrogens is 358 g/mol. The van der Waals surface area contributed by atoms with Crippen LogP contribution in [0.4, 0.5) is 0 Å². The molecule has 3 nitrogen and oxygen atoms in total. The van der Waals surface area contributed by atoms with Gasteiger partial charge in [-0.2, -0.15) is 0 Å². The summed E-state index contributed by atoms with van der Waals surface area (Å²) in [5, 5.41) is 0.536. The van der Waals surface area contributed by atoms with Crippen molar-refractivity contribution in [3.05, 3.63) is 52.2 Å². The minimum atomic E-state index is -0.182. The number of nitrogens with zero attached hydrogens (tertiary/aromatic N) is 1. The predicted molar refractivity (Wildman–Crippen MR) is 113 cm³/mol. The Morgan fingerprint density at radius 3 is 2.26 bits per heavy atom. The van der Waals surface area contributed by atoms with E-state index in [1.165, 1.54) is 0 Å². The van der Waals surface area contributed by atoms with Crippen molar-refractivity contribution in [1.82, 2.24) is 4.90 Å². The van der Waals surface area contributed by atoms with Crippen LogP contribution < -0.4 is 4.74 Å². The Morgan fingerprint density at radius 1 is 1.22 bits per heavy atom. The van der Waals surface area contributed by atoms with Gasteiger partial charge in [0, 0.05) is 16.6 Å². The molecule has 0 aliphatic rings. The third-order valence-electron chi connectivity index (χ3n) is 3.84. The van der Waals surface area contributed by atoms with Crippen LogP contribution >= 0.6 is 11.6 Å². The number of hydrogen-bond donors (Lipinski definition) is 0. The van der Waals surface area contributed by atoms with Crippen LogP contribution in [0.3, 0.4) is 0 Å². The topological polar surface area (TPSA) is 29.5 Å². The molecule has 1 rings (SSSR count). The van der Waals surface area contributed by atoms with Crippen LogP contribution in [0, 0.1) is 17.3 Å². The minimum absolute atomic E-state index is 0.137. The van der Waals surface area contributed by atoms with Crippen LogP contribution in [0.2, 0.25) is 0 Å². The van der Waals surface area contributed by atoms with E-state index in [0.29, 0.717) is 17.2 Å². The number of methoxy groups -OCH3 is 1. The standard InChI is InChI=1S/C23H30ClNO2/c1-8-17(2)21(13-14-23(4,5)6)22(26)25(15-18(3)24)16-19-9-11-20(27-7)12-10-19/h9-12,15H,8,16H2,1-7H3/b18-15+,21-17+. The van der Waals surface area contributed by atoms with E-state index in [1.54, 1.807) is 25.1 Å². The van der Waals surface area contributed by atoms with E-state index in [-0.39, 0.29) is 11.3 Å². The van der Waals surface area contributed by atoms with Gasteiger partial charge in [-0.25, -0.2) is 0 Å².